The van der Waals surface area contributed by atoms with Gasteiger partial charge in [0.1, 0.15) is 0 Å². The number of phenolic OH excluding ortho intramolecular Hbond substituents is 1. The van der Waals surface area contributed by atoms with Gasteiger partial charge >= 0.3 is 0 Å². The van der Waals surface area contributed by atoms with Crippen LogP contribution < -0.4 is 10.1 Å². The smallest absolute Gasteiger partial charge is 0.172 e. The number of hydrogen-bond donors (Lipinski definition) is 2. The van der Waals surface area contributed by atoms with E-state index in [-0.39, 0.29) is 5.75 Å². The average Bonchev–Trinajstić information content (AvgIpc) is 2.39. The van der Waals surface area contributed by atoms with Crippen molar-refractivity contribution in [3.05, 3.63) is 22.2 Å². The Bertz CT molecular complexity index is 453. The van der Waals surface area contributed by atoms with Gasteiger partial charge in [-0.2, -0.15) is 0 Å². The van der Waals surface area contributed by atoms with Crippen LogP contribution in [0.4, 0.5) is 0 Å². The average molecular weight is 329 g/mol. The highest BCUT2D eigenvalue weighted by atomic mass is 79.9. The van der Waals surface area contributed by atoms with Crippen molar-refractivity contribution in [1.29, 1.82) is 0 Å². The molecule has 1 aromatic rings. The molecular formula is C14H21BrN2O2. The summed E-state index contributed by atoms with van der Waals surface area (Å²) in [5, 5.41) is 13.5. The number of rotatable bonds is 3. The SMILES string of the molecule is COc1ccc(CN2CC(C)NCC2C)c(Br)c1O. The van der Waals surface area contributed by atoms with Crippen molar-refractivity contribution >= 4 is 15.9 Å². The van der Waals surface area contributed by atoms with E-state index < -0.39 is 0 Å². The minimum atomic E-state index is 0.177. The van der Waals surface area contributed by atoms with Gasteiger partial charge < -0.3 is 15.2 Å². The Morgan fingerprint density at radius 2 is 2.21 bits per heavy atom. The molecule has 0 aliphatic carbocycles. The summed E-state index contributed by atoms with van der Waals surface area (Å²) in [5.41, 5.74) is 1.08. The fourth-order valence-corrected chi connectivity index (χ4v) is 2.86. The Labute approximate surface area is 122 Å². The van der Waals surface area contributed by atoms with E-state index in [0.717, 1.165) is 29.7 Å². The van der Waals surface area contributed by atoms with Crippen LogP contribution in [-0.4, -0.2) is 42.3 Å². The van der Waals surface area contributed by atoms with Crippen molar-refractivity contribution in [3.63, 3.8) is 0 Å². The monoisotopic (exact) mass is 328 g/mol. The van der Waals surface area contributed by atoms with Gasteiger partial charge in [0.15, 0.2) is 11.5 Å². The standard InChI is InChI=1S/C14H21BrN2O2/c1-9-7-17(10(2)6-16-9)8-11-4-5-12(19-3)14(18)13(11)15/h4-5,9-10,16,18H,6-8H2,1-3H3. The van der Waals surface area contributed by atoms with Crippen LogP contribution in [0.25, 0.3) is 0 Å². The fraction of sp³-hybridized carbons (Fsp3) is 0.571. The van der Waals surface area contributed by atoms with Gasteiger partial charge in [0.2, 0.25) is 0 Å². The van der Waals surface area contributed by atoms with Gasteiger partial charge in [-0.15, -0.1) is 0 Å². The lowest BCUT2D eigenvalue weighted by atomic mass is 10.1. The Kier molecular flexibility index (Phi) is 4.71. The molecule has 1 aromatic carbocycles. The van der Waals surface area contributed by atoms with E-state index in [2.05, 4.69) is 40.0 Å². The molecule has 0 radical (unpaired) electrons. The van der Waals surface area contributed by atoms with Gasteiger partial charge in [0.25, 0.3) is 0 Å². The first-order chi connectivity index (χ1) is 9.02. The summed E-state index contributed by atoms with van der Waals surface area (Å²) in [6, 6.07) is 4.81. The zero-order chi connectivity index (χ0) is 14.0. The van der Waals surface area contributed by atoms with Crippen LogP contribution in [0, 0.1) is 0 Å². The van der Waals surface area contributed by atoms with Crippen molar-refractivity contribution < 1.29 is 9.84 Å². The molecule has 4 nitrogen and oxygen atoms in total. The number of nitrogens with zero attached hydrogens (tertiary/aromatic N) is 1. The van der Waals surface area contributed by atoms with Crippen LogP contribution in [0.5, 0.6) is 11.5 Å². The Hall–Kier alpha value is -0.780. The molecule has 1 heterocycles. The van der Waals surface area contributed by atoms with Gasteiger partial charge in [0.05, 0.1) is 11.6 Å². The number of hydrogen-bond acceptors (Lipinski definition) is 4. The molecule has 0 aromatic heterocycles. The van der Waals surface area contributed by atoms with Crippen LogP contribution in [0.2, 0.25) is 0 Å². The Morgan fingerprint density at radius 3 is 2.89 bits per heavy atom. The van der Waals surface area contributed by atoms with Gasteiger partial charge in [-0.05, 0) is 41.4 Å². The van der Waals surface area contributed by atoms with Gasteiger partial charge in [-0.1, -0.05) is 6.07 Å². The highest BCUT2D eigenvalue weighted by Gasteiger charge is 2.23. The van der Waals surface area contributed by atoms with E-state index in [1.807, 2.05) is 12.1 Å². The highest BCUT2D eigenvalue weighted by molar-refractivity contribution is 9.10. The summed E-state index contributed by atoms with van der Waals surface area (Å²) in [6.07, 6.45) is 0. The van der Waals surface area contributed by atoms with Crippen LogP contribution in [0.3, 0.4) is 0 Å². The second-order valence-corrected chi connectivity index (χ2v) is 5.97. The Balaban J connectivity index is 2.16. The molecule has 2 atom stereocenters. The molecule has 106 valence electrons. The maximum Gasteiger partial charge on any atom is 0.172 e. The molecule has 0 spiro atoms. The zero-order valence-corrected chi connectivity index (χ0v) is 13.2. The third-order valence-electron chi connectivity index (χ3n) is 3.65. The lowest BCUT2D eigenvalue weighted by Crippen LogP contribution is -2.53. The van der Waals surface area contributed by atoms with Crippen molar-refractivity contribution in [2.75, 3.05) is 20.2 Å². The number of methoxy groups -OCH3 is 1. The summed E-state index contributed by atoms with van der Waals surface area (Å²) in [4.78, 5) is 2.42. The molecule has 1 saturated heterocycles. The molecule has 0 amide bonds. The third kappa shape index (κ3) is 3.22. The first-order valence-electron chi connectivity index (χ1n) is 6.54. The molecule has 0 bridgehead atoms. The largest absolute Gasteiger partial charge is 0.503 e. The first-order valence-corrected chi connectivity index (χ1v) is 7.34. The normalized spacial score (nSPS) is 24.4. The van der Waals surface area contributed by atoms with E-state index >= 15 is 0 Å². The molecule has 0 saturated carbocycles. The van der Waals surface area contributed by atoms with Crippen molar-refractivity contribution in [2.24, 2.45) is 0 Å². The van der Waals surface area contributed by atoms with Crippen molar-refractivity contribution in [2.45, 2.75) is 32.5 Å². The molecule has 19 heavy (non-hydrogen) atoms. The van der Waals surface area contributed by atoms with Crippen LogP contribution >= 0.6 is 15.9 Å². The molecule has 2 N–H and O–H groups in total. The second kappa shape index (κ2) is 6.11. The summed E-state index contributed by atoms with van der Waals surface area (Å²) < 4.78 is 5.83. The van der Waals surface area contributed by atoms with Crippen LogP contribution in [-0.2, 0) is 6.54 Å². The molecular weight excluding hydrogens is 308 g/mol. The first kappa shape index (κ1) is 14.6. The van der Waals surface area contributed by atoms with E-state index in [1.54, 1.807) is 7.11 Å². The number of ether oxygens (including phenoxy) is 1. The lowest BCUT2D eigenvalue weighted by Gasteiger charge is -2.37. The predicted octanol–water partition coefficient (Wildman–Crippen LogP) is 2.35. The van der Waals surface area contributed by atoms with E-state index in [1.165, 1.54) is 0 Å². The number of phenols is 1. The number of nitrogens with one attached hydrogen (secondary N) is 1. The number of halogens is 1. The summed E-state index contributed by atoms with van der Waals surface area (Å²) in [6.45, 7) is 7.25. The van der Waals surface area contributed by atoms with Crippen molar-refractivity contribution in [1.82, 2.24) is 10.2 Å². The van der Waals surface area contributed by atoms with E-state index in [9.17, 15) is 5.11 Å². The van der Waals surface area contributed by atoms with Crippen LogP contribution in [0.1, 0.15) is 19.4 Å². The molecule has 2 unspecified atom stereocenters. The highest BCUT2D eigenvalue weighted by Crippen LogP contribution is 2.37. The minimum Gasteiger partial charge on any atom is -0.503 e. The van der Waals surface area contributed by atoms with Crippen LogP contribution in [0.15, 0.2) is 16.6 Å². The Morgan fingerprint density at radius 1 is 1.47 bits per heavy atom. The van der Waals surface area contributed by atoms with Gasteiger partial charge in [-0.3, -0.25) is 4.90 Å². The fourth-order valence-electron chi connectivity index (χ4n) is 2.41. The summed E-state index contributed by atoms with van der Waals surface area (Å²) in [7, 11) is 1.56. The minimum absolute atomic E-state index is 0.177. The predicted molar refractivity (Wildman–Crippen MR) is 79.7 cm³/mol. The lowest BCUT2D eigenvalue weighted by molar-refractivity contribution is 0.138. The van der Waals surface area contributed by atoms with Gasteiger partial charge in [0, 0.05) is 31.7 Å². The number of aromatic hydroxyl groups is 1. The molecule has 1 fully saturated rings. The molecule has 1 aliphatic rings. The van der Waals surface area contributed by atoms with Gasteiger partial charge in [-0.25, -0.2) is 0 Å². The quantitative estimate of drug-likeness (QED) is 0.894. The van der Waals surface area contributed by atoms with E-state index in [0.29, 0.717) is 17.8 Å². The zero-order valence-electron chi connectivity index (χ0n) is 11.6. The number of benzene rings is 1. The van der Waals surface area contributed by atoms with Crippen molar-refractivity contribution in [3.8, 4) is 11.5 Å². The topological polar surface area (TPSA) is 44.7 Å². The molecule has 5 heteroatoms. The molecule has 1 aliphatic heterocycles. The third-order valence-corrected chi connectivity index (χ3v) is 4.53. The summed E-state index contributed by atoms with van der Waals surface area (Å²) in [5.74, 6) is 0.674. The number of piperazine rings is 1. The second-order valence-electron chi connectivity index (χ2n) is 5.18. The van der Waals surface area contributed by atoms with E-state index in [4.69, 9.17) is 4.74 Å². The maximum absolute atomic E-state index is 10.0. The molecule has 2 rings (SSSR count). The summed E-state index contributed by atoms with van der Waals surface area (Å²) >= 11 is 3.46. The maximum atomic E-state index is 10.0.